The van der Waals surface area contributed by atoms with Crippen molar-refractivity contribution in [3.63, 3.8) is 0 Å². The Morgan fingerprint density at radius 2 is 1.96 bits per heavy atom. The van der Waals surface area contributed by atoms with Gasteiger partial charge in [0, 0.05) is 33.4 Å². The maximum absolute atomic E-state index is 11.9. The number of rotatable bonds is 7. The number of nitrogens with zero attached hydrogens (tertiary/aromatic N) is 3. The van der Waals surface area contributed by atoms with Crippen LogP contribution in [0.4, 0.5) is 4.79 Å². The van der Waals surface area contributed by atoms with Gasteiger partial charge in [-0.2, -0.15) is 5.10 Å². The van der Waals surface area contributed by atoms with Crippen molar-refractivity contribution in [1.82, 2.24) is 25.7 Å². The highest BCUT2D eigenvalue weighted by molar-refractivity contribution is 5.79. The highest BCUT2D eigenvalue weighted by Gasteiger charge is 2.24. The van der Waals surface area contributed by atoms with Gasteiger partial charge in [-0.15, -0.1) is 0 Å². The van der Waals surface area contributed by atoms with Gasteiger partial charge in [-0.05, 0) is 53.0 Å². The summed E-state index contributed by atoms with van der Waals surface area (Å²) in [5.41, 5.74) is 0.231. The van der Waals surface area contributed by atoms with Crippen LogP contribution in [0.25, 0.3) is 0 Å². The van der Waals surface area contributed by atoms with Crippen molar-refractivity contribution in [1.29, 1.82) is 0 Å². The molecule has 1 heterocycles. The SMILES string of the molecule is CN=C(NCCCc1cnn(C)c1)NCC(C)(C)NC(=O)OC(C)(C)C. The van der Waals surface area contributed by atoms with Gasteiger partial charge in [0.05, 0.1) is 11.7 Å². The maximum atomic E-state index is 11.9. The van der Waals surface area contributed by atoms with E-state index in [1.165, 1.54) is 5.56 Å². The topological polar surface area (TPSA) is 92.6 Å². The Morgan fingerprint density at radius 1 is 1.27 bits per heavy atom. The van der Waals surface area contributed by atoms with E-state index < -0.39 is 17.2 Å². The number of amides is 1. The number of aryl methyl sites for hydroxylation is 2. The van der Waals surface area contributed by atoms with Gasteiger partial charge in [-0.3, -0.25) is 9.67 Å². The molecule has 0 fully saturated rings. The largest absolute Gasteiger partial charge is 0.444 e. The molecule has 1 rings (SSSR count). The average Bonchev–Trinajstić information content (AvgIpc) is 2.89. The summed E-state index contributed by atoms with van der Waals surface area (Å²) in [6.07, 6.45) is 5.43. The van der Waals surface area contributed by atoms with Crippen LogP contribution in [-0.4, -0.2) is 53.1 Å². The van der Waals surface area contributed by atoms with Crippen LogP contribution in [0.15, 0.2) is 17.4 Å². The minimum Gasteiger partial charge on any atom is -0.444 e. The molecule has 0 saturated heterocycles. The van der Waals surface area contributed by atoms with Crippen LogP contribution in [-0.2, 0) is 18.2 Å². The van der Waals surface area contributed by atoms with Crippen LogP contribution < -0.4 is 16.0 Å². The summed E-state index contributed by atoms with van der Waals surface area (Å²) in [7, 11) is 3.64. The number of guanidine groups is 1. The Kier molecular flexibility index (Phi) is 7.92. The van der Waals surface area contributed by atoms with Crippen LogP contribution in [0, 0.1) is 0 Å². The molecule has 1 aromatic rings. The van der Waals surface area contributed by atoms with Gasteiger partial charge in [-0.25, -0.2) is 4.79 Å². The molecule has 1 aromatic heterocycles. The van der Waals surface area contributed by atoms with E-state index in [4.69, 9.17) is 4.74 Å². The Hall–Kier alpha value is -2.25. The fraction of sp³-hybridized carbons (Fsp3) is 0.722. The second kappa shape index (κ2) is 9.45. The zero-order valence-corrected chi connectivity index (χ0v) is 17.1. The molecule has 0 atom stereocenters. The van der Waals surface area contributed by atoms with Gasteiger partial charge in [-0.1, -0.05) is 0 Å². The Balaban J connectivity index is 2.32. The second-order valence-electron chi connectivity index (χ2n) is 7.99. The highest BCUT2D eigenvalue weighted by Crippen LogP contribution is 2.09. The maximum Gasteiger partial charge on any atom is 0.408 e. The molecule has 0 aromatic carbocycles. The molecule has 3 N–H and O–H groups in total. The van der Waals surface area contributed by atoms with Gasteiger partial charge in [0.15, 0.2) is 5.96 Å². The van der Waals surface area contributed by atoms with Crippen molar-refractivity contribution in [2.24, 2.45) is 12.0 Å². The second-order valence-corrected chi connectivity index (χ2v) is 7.99. The van der Waals surface area contributed by atoms with Crippen LogP contribution in [0.1, 0.15) is 46.6 Å². The normalized spacial score (nSPS) is 12.7. The third kappa shape index (κ3) is 9.29. The summed E-state index contributed by atoms with van der Waals surface area (Å²) in [6.45, 7) is 10.7. The van der Waals surface area contributed by atoms with Crippen LogP contribution in [0.5, 0.6) is 0 Å². The summed E-state index contributed by atoms with van der Waals surface area (Å²) in [6, 6.07) is 0. The molecule has 0 bridgehead atoms. The Bertz CT molecular complexity index is 601. The minimum absolute atomic E-state index is 0.427. The molecule has 0 unspecified atom stereocenters. The van der Waals surface area contributed by atoms with E-state index in [1.54, 1.807) is 7.05 Å². The minimum atomic E-state index is -0.514. The molecule has 8 heteroatoms. The lowest BCUT2D eigenvalue weighted by atomic mass is 10.1. The predicted molar refractivity (Wildman–Crippen MR) is 104 cm³/mol. The lowest BCUT2D eigenvalue weighted by Crippen LogP contribution is -2.54. The Labute approximate surface area is 156 Å². The third-order valence-corrected chi connectivity index (χ3v) is 3.45. The number of carbonyl (C=O) groups excluding carboxylic acids is 1. The first-order valence-electron chi connectivity index (χ1n) is 8.94. The van der Waals surface area contributed by atoms with Crippen molar-refractivity contribution in [2.45, 2.75) is 58.6 Å². The van der Waals surface area contributed by atoms with Crippen LogP contribution in [0.3, 0.4) is 0 Å². The molecular formula is C18H34N6O2. The summed E-state index contributed by atoms with van der Waals surface area (Å²) in [4.78, 5) is 16.1. The lowest BCUT2D eigenvalue weighted by molar-refractivity contribution is 0.0474. The molecule has 8 nitrogen and oxygen atoms in total. The van der Waals surface area contributed by atoms with Crippen molar-refractivity contribution >= 4 is 12.1 Å². The fourth-order valence-electron chi connectivity index (χ4n) is 2.25. The summed E-state index contributed by atoms with van der Waals surface area (Å²) in [5.74, 6) is 0.704. The summed E-state index contributed by atoms with van der Waals surface area (Å²) >= 11 is 0. The number of ether oxygens (including phenoxy) is 1. The molecule has 1 amide bonds. The van der Waals surface area contributed by atoms with E-state index in [0.717, 1.165) is 19.4 Å². The first-order chi connectivity index (χ1) is 12.0. The predicted octanol–water partition coefficient (Wildman–Crippen LogP) is 1.82. The zero-order chi connectivity index (χ0) is 19.8. The molecule has 0 aliphatic heterocycles. The Morgan fingerprint density at radius 3 is 2.50 bits per heavy atom. The molecule has 0 radical (unpaired) electrons. The number of aromatic nitrogens is 2. The molecule has 26 heavy (non-hydrogen) atoms. The average molecular weight is 367 g/mol. The van der Waals surface area contributed by atoms with Crippen molar-refractivity contribution in [2.75, 3.05) is 20.1 Å². The van der Waals surface area contributed by atoms with E-state index in [0.29, 0.717) is 12.5 Å². The number of nitrogens with one attached hydrogen (secondary N) is 3. The van der Waals surface area contributed by atoms with Crippen LogP contribution in [0.2, 0.25) is 0 Å². The lowest BCUT2D eigenvalue weighted by Gasteiger charge is -2.29. The van der Waals surface area contributed by atoms with Gasteiger partial charge >= 0.3 is 6.09 Å². The van der Waals surface area contributed by atoms with E-state index in [-0.39, 0.29) is 0 Å². The molecule has 0 aliphatic rings. The standard InChI is InChI=1S/C18H34N6O2/c1-17(2,3)26-16(25)23-18(4,5)13-21-15(19-6)20-10-8-9-14-11-22-24(7)12-14/h11-12H,8-10,13H2,1-7H3,(H,23,25)(H2,19,20,21). The van der Waals surface area contributed by atoms with Gasteiger partial charge in [0.2, 0.25) is 0 Å². The number of aliphatic imine (C=N–C) groups is 1. The molecule has 0 aliphatic carbocycles. The van der Waals surface area contributed by atoms with E-state index in [1.807, 2.05) is 58.7 Å². The van der Waals surface area contributed by atoms with Gasteiger partial charge in [0.25, 0.3) is 0 Å². The molecule has 0 saturated carbocycles. The first kappa shape index (κ1) is 21.8. The van der Waals surface area contributed by atoms with Crippen molar-refractivity contribution in [3.8, 4) is 0 Å². The smallest absolute Gasteiger partial charge is 0.408 e. The van der Waals surface area contributed by atoms with Gasteiger partial charge < -0.3 is 20.7 Å². The number of alkyl carbamates (subject to hydrolysis) is 1. The summed E-state index contributed by atoms with van der Waals surface area (Å²) in [5, 5.41) is 13.5. The monoisotopic (exact) mass is 366 g/mol. The number of hydrogen-bond donors (Lipinski definition) is 3. The molecular weight excluding hydrogens is 332 g/mol. The number of carbonyl (C=O) groups is 1. The van der Waals surface area contributed by atoms with E-state index in [2.05, 4.69) is 26.0 Å². The fourth-order valence-corrected chi connectivity index (χ4v) is 2.25. The highest BCUT2D eigenvalue weighted by atomic mass is 16.6. The van der Waals surface area contributed by atoms with Crippen molar-refractivity contribution in [3.05, 3.63) is 18.0 Å². The number of hydrogen-bond acceptors (Lipinski definition) is 4. The molecule has 0 spiro atoms. The van der Waals surface area contributed by atoms with Crippen LogP contribution >= 0.6 is 0 Å². The third-order valence-electron chi connectivity index (χ3n) is 3.45. The summed E-state index contributed by atoms with van der Waals surface area (Å²) < 4.78 is 7.11. The first-order valence-corrected chi connectivity index (χ1v) is 8.94. The van der Waals surface area contributed by atoms with E-state index >= 15 is 0 Å². The molecule has 148 valence electrons. The van der Waals surface area contributed by atoms with Gasteiger partial charge in [0.1, 0.15) is 5.60 Å². The van der Waals surface area contributed by atoms with Crippen molar-refractivity contribution < 1.29 is 9.53 Å². The quantitative estimate of drug-likeness (QED) is 0.389. The zero-order valence-electron chi connectivity index (χ0n) is 17.1. The van der Waals surface area contributed by atoms with E-state index in [9.17, 15) is 4.79 Å².